The standard InChI is InChI=1S/C17H20N2O4/c1-3-12-14(19-16(21)15(12)20)9-23-17-13-8-11(22-2)5-4-10(13)6-7-18-17/h4-8,12,14-15,20H,3,9H2,1-2H3,(H,19,21)/t12-,14+,15-/m0/s1. The summed E-state index contributed by atoms with van der Waals surface area (Å²) in [6.45, 7) is 2.22. The van der Waals surface area contributed by atoms with Crippen LogP contribution in [0.1, 0.15) is 13.3 Å². The zero-order valence-electron chi connectivity index (χ0n) is 13.2. The molecule has 6 nitrogen and oxygen atoms in total. The molecule has 2 aromatic rings. The molecule has 2 N–H and O–H groups in total. The molecule has 0 spiro atoms. The Bertz CT molecular complexity index is 719. The van der Waals surface area contributed by atoms with Crippen molar-refractivity contribution in [1.29, 1.82) is 0 Å². The molecule has 1 aliphatic rings. The summed E-state index contributed by atoms with van der Waals surface area (Å²) in [5, 5.41) is 14.5. The number of nitrogens with zero attached hydrogens (tertiary/aromatic N) is 1. The Balaban J connectivity index is 1.80. The van der Waals surface area contributed by atoms with Gasteiger partial charge in [-0.15, -0.1) is 0 Å². The number of ether oxygens (including phenoxy) is 2. The van der Waals surface area contributed by atoms with E-state index in [1.807, 2.05) is 31.2 Å². The van der Waals surface area contributed by atoms with Crippen LogP contribution in [0.2, 0.25) is 0 Å². The third kappa shape index (κ3) is 2.94. The fourth-order valence-electron chi connectivity index (χ4n) is 2.99. The molecule has 1 amide bonds. The van der Waals surface area contributed by atoms with E-state index in [9.17, 15) is 9.90 Å². The number of amides is 1. The fourth-order valence-corrected chi connectivity index (χ4v) is 2.99. The van der Waals surface area contributed by atoms with Crippen molar-refractivity contribution in [3.63, 3.8) is 0 Å². The number of fused-ring (bicyclic) bond motifs is 1. The normalized spacial score (nSPS) is 23.8. The minimum absolute atomic E-state index is 0.146. The van der Waals surface area contributed by atoms with Crippen molar-refractivity contribution < 1.29 is 19.4 Å². The van der Waals surface area contributed by atoms with Crippen LogP contribution in [-0.4, -0.2) is 41.9 Å². The first kappa shape index (κ1) is 15.6. The second-order valence-corrected chi connectivity index (χ2v) is 5.65. The van der Waals surface area contributed by atoms with Gasteiger partial charge in [0.15, 0.2) is 0 Å². The van der Waals surface area contributed by atoms with Gasteiger partial charge in [-0.25, -0.2) is 4.98 Å². The number of aliphatic hydroxyl groups excluding tert-OH is 1. The smallest absolute Gasteiger partial charge is 0.249 e. The van der Waals surface area contributed by atoms with E-state index in [2.05, 4.69) is 10.3 Å². The lowest BCUT2D eigenvalue weighted by Crippen LogP contribution is -2.34. The van der Waals surface area contributed by atoms with Crippen LogP contribution in [-0.2, 0) is 4.79 Å². The van der Waals surface area contributed by atoms with E-state index in [1.54, 1.807) is 13.3 Å². The van der Waals surface area contributed by atoms with Crippen LogP contribution in [0.4, 0.5) is 0 Å². The van der Waals surface area contributed by atoms with Gasteiger partial charge in [0.05, 0.1) is 13.2 Å². The Morgan fingerprint density at radius 3 is 2.91 bits per heavy atom. The van der Waals surface area contributed by atoms with E-state index >= 15 is 0 Å². The number of aromatic nitrogens is 1. The number of benzene rings is 1. The molecule has 1 aromatic heterocycles. The second kappa shape index (κ2) is 6.42. The van der Waals surface area contributed by atoms with Gasteiger partial charge in [-0.2, -0.15) is 0 Å². The van der Waals surface area contributed by atoms with Crippen molar-refractivity contribution in [3.8, 4) is 11.6 Å². The predicted octanol–water partition coefficient (Wildman–Crippen LogP) is 1.51. The zero-order valence-corrected chi connectivity index (χ0v) is 13.2. The predicted molar refractivity (Wildman–Crippen MR) is 85.5 cm³/mol. The van der Waals surface area contributed by atoms with Gasteiger partial charge in [-0.1, -0.05) is 13.0 Å². The summed E-state index contributed by atoms with van der Waals surface area (Å²) >= 11 is 0. The number of hydrogen-bond donors (Lipinski definition) is 2. The maximum atomic E-state index is 11.6. The lowest BCUT2D eigenvalue weighted by Gasteiger charge is -2.19. The first-order chi connectivity index (χ1) is 11.1. The van der Waals surface area contributed by atoms with E-state index in [1.165, 1.54) is 0 Å². The lowest BCUT2D eigenvalue weighted by molar-refractivity contribution is -0.127. The molecule has 0 bridgehead atoms. The van der Waals surface area contributed by atoms with E-state index < -0.39 is 6.10 Å². The fraction of sp³-hybridized carbons (Fsp3) is 0.412. The van der Waals surface area contributed by atoms with Crippen molar-refractivity contribution >= 4 is 16.7 Å². The molecule has 2 heterocycles. The molecule has 0 saturated carbocycles. The molecule has 3 atom stereocenters. The van der Waals surface area contributed by atoms with Crippen molar-refractivity contribution in [2.45, 2.75) is 25.5 Å². The number of carbonyl (C=O) groups excluding carboxylic acids is 1. The van der Waals surface area contributed by atoms with E-state index in [0.717, 1.165) is 16.5 Å². The van der Waals surface area contributed by atoms with Gasteiger partial charge in [0.2, 0.25) is 11.8 Å². The molecular weight excluding hydrogens is 296 g/mol. The Morgan fingerprint density at radius 1 is 1.35 bits per heavy atom. The highest BCUT2D eigenvalue weighted by atomic mass is 16.5. The van der Waals surface area contributed by atoms with Crippen LogP contribution in [0.3, 0.4) is 0 Å². The summed E-state index contributed by atoms with van der Waals surface area (Å²) in [5.41, 5.74) is 0. The average Bonchev–Trinajstić information content (AvgIpc) is 2.86. The number of pyridine rings is 1. The molecule has 23 heavy (non-hydrogen) atoms. The highest BCUT2D eigenvalue weighted by Crippen LogP contribution is 2.28. The largest absolute Gasteiger partial charge is 0.497 e. The molecule has 1 saturated heterocycles. The highest BCUT2D eigenvalue weighted by Gasteiger charge is 2.40. The van der Waals surface area contributed by atoms with Gasteiger partial charge < -0.3 is 19.9 Å². The quantitative estimate of drug-likeness (QED) is 0.874. The molecule has 1 aromatic carbocycles. The van der Waals surface area contributed by atoms with Crippen molar-refractivity contribution in [3.05, 3.63) is 30.5 Å². The number of methoxy groups -OCH3 is 1. The number of carbonyl (C=O) groups is 1. The van der Waals surface area contributed by atoms with Crippen LogP contribution in [0.15, 0.2) is 30.5 Å². The van der Waals surface area contributed by atoms with E-state index in [0.29, 0.717) is 12.3 Å². The molecule has 1 aliphatic heterocycles. The van der Waals surface area contributed by atoms with Crippen LogP contribution < -0.4 is 14.8 Å². The molecular formula is C17H20N2O4. The molecule has 0 unspecified atom stereocenters. The summed E-state index contributed by atoms with van der Waals surface area (Å²) in [5.74, 6) is 0.739. The number of nitrogens with one attached hydrogen (secondary N) is 1. The van der Waals surface area contributed by atoms with Crippen LogP contribution in [0.25, 0.3) is 10.8 Å². The number of aliphatic hydroxyl groups is 1. The van der Waals surface area contributed by atoms with Gasteiger partial charge in [0.1, 0.15) is 18.5 Å². The number of rotatable bonds is 5. The second-order valence-electron chi connectivity index (χ2n) is 5.65. The topological polar surface area (TPSA) is 80.7 Å². The lowest BCUT2D eigenvalue weighted by atomic mass is 9.96. The number of hydrogen-bond acceptors (Lipinski definition) is 5. The van der Waals surface area contributed by atoms with Crippen molar-refractivity contribution in [1.82, 2.24) is 10.3 Å². The summed E-state index contributed by atoms with van der Waals surface area (Å²) in [7, 11) is 1.61. The Morgan fingerprint density at radius 2 is 2.17 bits per heavy atom. The first-order valence-corrected chi connectivity index (χ1v) is 7.68. The van der Waals surface area contributed by atoms with E-state index in [-0.39, 0.29) is 24.5 Å². The average molecular weight is 316 g/mol. The van der Waals surface area contributed by atoms with Crippen molar-refractivity contribution in [2.75, 3.05) is 13.7 Å². The summed E-state index contributed by atoms with van der Waals surface area (Å²) < 4.78 is 11.1. The molecule has 3 rings (SSSR count). The van der Waals surface area contributed by atoms with Gasteiger partial charge >= 0.3 is 0 Å². The Hall–Kier alpha value is -2.34. The minimum Gasteiger partial charge on any atom is -0.497 e. The summed E-state index contributed by atoms with van der Waals surface area (Å²) in [6.07, 6.45) is 1.42. The van der Waals surface area contributed by atoms with Crippen LogP contribution in [0, 0.1) is 5.92 Å². The van der Waals surface area contributed by atoms with Gasteiger partial charge in [0.25, 0.3) is 0 Å². The SMILES string of the molecule is CC[C@@H]1[C@H](O)C(=O)N[C@@H]1COc1nccc2ccc(OC)cc12. The Kier molecular flexibility index (Phi) is 4.34. The third-order valence-electron chi connectivity index (χ3n) is 4.33. The van der Waals surface area contributed by atoms with Crippen molar-refractivity contribution in [2.24, 2.45) is 5.92 Å². The Labute approximate surface area is 134 Å². The van der Waals surface area contributed by atoms with Gasteiger partial charge in [0, 0.05) is 17.5 Å². The molecule has 1 fully saturated rings. The third-order valence-corrected chi connectivity index (χ3v) is 4.33. The van der Waals surface area contributed by atoms with Gasteiger partial charge in [-0.3, -0.25) is 4.79 Å². The van der Waals surface area contributed by atoms with E-state index in [4.69, 9.17) is 9.47 Å². The summed E-state index contributed by atoms with van der Waals surface area (Å²) in [4.78, 5) is 15.9. The molecule has 6 heteroatoms. The molecule has 0 radical (unpaired) electrons. The summed E-state index contributed by atoms with van der Waals surface area (Å²) in [6, 6.07) is 7.38. The maximum Gasteiger partial charge on any atom is 0.249 e. The monoisotopic (exact) mass is 316 g/mol. The maximum absolute atomic E-state index is 11.6. The highest BCUT2D eigenvalue weighted by molar-refractivity contribution is 5.88. The van der Waals surface area contributed by atoms with Crippen LogP contribution >= 0.6 is 0 Å². The molecule has 0 aliphatic carbocycles. The van der Waals surface area contributed by atoms with Gasteiger partial charge in [-0.05, 0) is 30.0 Å². The molecule has 122 valence electrons. The minimum atomic E-state index is -0.964. The van der Waals surface area contributed by atoms with Crippen LogP contribution in [0.5, 0.6) is 11.6 Å². The zero-order chi connectivity index (χ0) is 16.4. The first-order valence-electron chi connectivity index (χ1n) is 7.68.